The van der Waals surface area contributed by atoms with Gasteiger partial charge in [0.2, 0.25) is 0 Å². The van der Waals surface area contributed by atoms with Gasteiger partial charge in [0.25, 0.3) is 5.91 Å². The molecule has 0 radical (unpaired) electrons. The van der Waals surface area contributed by atoms with Crippen LogP contribution in [0.15, 0.2) is 126 Å². The smallest absolute Gasteiger partial charge is 0.272 e. The first-order valence-corrected chi connectivity index (χ1v) is 13.3. The number of methoxy groups -OCH3 is 1. The highest BCUT2D eigenvalue weighted by atomic mass is 16.5. The number of benzene rings is 5. The molecule has 0 spiro atoms. The predicted octanol–water partition coefficient (Wildman–Crippen LogP) is 7.41. The van der Waals surface area contributed by atoms with Crippen LogP contribution in [0.5, 0.6) is 11.5 Å². The lowest BCUT2D eigenvalue weighted by Gasteiger charge is -2.14. The van der Waals surface area contributed by atoms with Crippen LogP contribution in [0, 0.1) is 0 Å². The van der Waals surface area contributed by atoms with Crippen LogP contribution in [-0.4, -0.2) is 24.2 Å². The normalized spacial score (nSPS) is 11.1. The van der Waals surface area contributed by atoms with Gasteiger partial charge in [0.05, 0.1) is 30.1 Å². The van der Waals surface area contributed by atoms with Crippen LogP contribution >= 0.6 is 0 Å². The van der Waals surface area contributed by atoms with E-state index in [9.17, 15) is 4.79 Å². The molecule has 0 fully saturated rings. The van der Waals surface area contributed by atoms with Crippen LogP contribution < -0.4 is 14.9 Å². The SMILES string of the molecule is COc1cccc(/C=N\NC(=O)c2cc(-c3ccccc3)nc3ccccc23)c1OCc1cccc2ccccc12. The maximum absolute atomic E-state index is 13.4. The van der Waals surface area contributed by atoms with Crippen LogP contribution in [0.1, 0.15) is 21.5 Å². The number of ether oxygens (including phenoxy) is 2. The number of carbonyl (C=O) groups excluding carboxylic acids is 1. The average Bonchev–Trinajstić information content (AvgIpc) is 3.03. The van der Waals surface area contributed by atoms with Crippen LogP contribution in [0.3, 0.4) is 0 Å². The molecule has 6 heteroatoms. The molecule has 0 saturated heterocycles. The predicted molar refractivity (Wildman–Crippen MR) is 164 cm³/mol. The van der Waals surface area contributed by atoms with E-state index in [1.54, 1.807) is 19.4 Å². The van der Waals surface area contributed by atoms with Crippen molar-refractivity contribution in [3.05, 3.63) is 138 Å². The standard InChI is InChI=1S/C35H27N3O3/c1-40-33-20-10-15-26(34(33)41-23-27-16-9-14-24-11-5-6-17-28(24)27)22-36-38-35(39)30-21-32(25-12-3-2-4-13-25)37-31-19-8-7-18-29(30)31/h2-22H,23H2,1H3,(H,38,39)/b36-22-. The Bertz CT molecular complexity index is 1880. The molecule has 6 aromatic rings. The number of rotatable bonds is 8. The maximum Gasteiger partial charge on any atom is 0.272 e. The van der Waals surface area contributed by atoms with Crippen molar-refractivity contribution in [2.24, 2.45) is 5.10 Å². The molecule has 1 aromatic heterocycles. The second kappa shape index (κ2) is 11.7. The Balaban J connectivity index is 1.26. The number of nitrogens with zero attached hydrogens (tertiary/aromatic N) is 2. The molecule has 0 bridgehead atoms. The van der Waals surface area contributed by atoms with Gasteiger partial charge in [-0.2, -0.15) is 5.10 Å². The molecule has 0 saturated carbocycles. The van der Waals surface area contributed by atoms with E-state index in [0.29, 0.717) is 29.2 Å². The maximum atomic E-state index is 13.4. The zero-order valence-electron chi connectivity index (χ0n) is 22.5. The Labute approximate surface area is 237 Å². The van der Waals surface area contributed by atoms with Crippen LogP contribution in [-0.2, 0) is 6.61 Å². The number of hydrogen-bond acceptors (Lipinski definition) is 5. The molecular formula is C35H27N3O3. The summed E-state index contributed by atoms with van der Waals surface area (Å²) in [4.78, 5) is 18.1. The summed E-state index contributed by atoms with van der Waals surface area (Å²) in [5.74, 6) is 0.785. The molecule has 0 unspecified atom stereocenters. The van der Waals surface area contributed by atoms with E-state index in [-0.39, 0.29) is 5.91 Å². The van der Waals surface area contributed by atoms with Gasteiger partial charge in [0.15, 0.2) is 11.5 Å². The van der Waals surface area contributed by atoms with Crippen molar-refractivity contribution < 1.29 is 14.3 Å². The largest absolute Gasteiger partial charge is 0.493 e. The molecule has 41 heavy (non-hydrogen) atoms. The molecule has 0 aliphatic heterocycles. The number of hydrogen-bond donors (Lipinski definition) is 1. The topological polar surface area (TPSA) is 72.8 Å². The minimum atomic E-state index is -0.335. The van der Waals surface area contributed by atoms with Crippen molar-refractivity contribution in [3.8, 4) is 22.8 Å². The van der Waals surface area contributed by atoms with Crippen molar-refractivity contribution in [2.75, 3.05) is 7.11 Å². The fourth-order valence-corrected chi connectivity index (χ4v) is 4.86. The highest BCUT2D eigenvalue weighted by molar-refractivity contribution is 6.07. The van der Waals surface area contributed by atoms with E-state index in [2.05, 4.69) is 34.8 Å². The van der Waals surface area contributed by atoms with Gasteiger partial charge in [0, 0.05) is 16.5 Å². The first-order valence-electron chi connectivity index (χ1n) is 13.3. The fourth-order valence-electron chi connectivity index (χ4n) is 4.86. The third-order valence-corrected chi connectivity index (χ3v) is 6.88. The summed E-state index contributed by atoms with van der Waals surface area (Å²) < 4.78 is 11.9. The zero-order chi connectivity index (χ0) is 28.0. The number of carbonyl (C=O) groups is 1. The summed E-state index contributed by atoms with van der Waals surface area (Å²) in [7, 11) is 1.60. The summed E-state index contributed by atoms with van der Waals surface area (Å²) in [6, 6.07) is 39.1. The van der Waals surface area contributed by atoms with Gasteiger partial charge in [-0.15, -0.1) is 0 Å². The molecule has 0 aliphatic carbocycles. The van der Waals surface area contributed by atoms with Crippen molar-refractivity contribution in [1.82, 2.24) is 10.4 Å². The van der Waals surface area contributed by atoms with E-state index in [0.717, 1.165) is 38.5 Å². The molecule has 0 aliphatic rings. The Kier molecular flexibility index (Phi) is 7.36. The molecule has 200 valence electrons. The fraction of sp³-hybridized carbons (Fsp3) is 0.0571. The first kappa shape index (κ1) is 25.8. The Hall–Kier alpha value is -5.49. The molecule has 1 heterocycles. The first-order chi connectivity index (χ1) is 20.2. The van der Waals surface area contributed by atoms with Gasteiger partial charge in [-0.3, -0.25) is 4.79 Å². The van der Waals surface area contributed by atoms with Gasteiger partial charge in [-0.1, -0.05) is 97.1 Å². The van der Waals surface area contributed by atoms with E-state index in [1.165, 1.54) is 0 Å². The number of hydrazone groups is 1. The molecule has 1 N–H and O–H groups in total. The van der Waals surface area contributed by atoms with Crippen molar-refractivity contribution in [1.29, 1.82) is 0 Å². The summed E-state index contributed by atoms with van der Waals surface area (Å²) in [5, 5.41) is 7.32. The highest BCUT2D eigenvalue weighted by Gasteiger charge is 2.15. The number of para-hydroxylation sites is 2. The Morgan fingerprint density at radius 3 is 2.41 bits per heavy atom. The monoisotopic (exact) mass is 537 g/mol. The second-order valence-electron chi connectivity index (χ2n) is 9.44. The number of aromatic nitrogens is 1. The average molecular weight is 538 g/mol. The van der Waals surface area contributed by atoms with E-state index < -0.39 is 0 Å². The lowest BCUT2D eigenvalue weighted by atomic mass is 10.0. The lowest BCUT2D eigenvalue weighted by molar-refractivity contribution is 0.0956. The van der Waals surface area contributed by atoms with Crippen molar-refractivity contribution in [3.63, 3.8) is 0 Å². The number of fused-ring (bicyclic) bond motifs is 2. The lowest BCUT2D eigenvalue weighted by Crippen LogP contribution is -2.18. The summed E-state index contributed by atoms with van der Waals surface area (Å²) in [5.41, 5.74) is 7.30. The van der Waals surface area contributed by atoms with Gasteiger partial charge >= 0.3 is 0 Å². The molecule has 0 atom stereocenters. The molecule has 6 rings (SSSR count). The number of amides is 1. The van der Waals surface area contributed by atoms with Crippen molar-refractivity contribution >= 4 is 33.8 Å². The number of pyridine rings is 1. The van der Waals surface area contributed by atoms with E-state index in [4.69, 9.17) is 14.5 Å². The second-order valence-corrected chi connectivity index (χ2v) is 9.44. The molecule has 6 nitrogen and oxygen atoms in total. The van der Waals surface area contributed by atoms with Crippen LogP contribution in [0.2, 0.25) is 0 Å². The van der Waals surface area contributed by atoms with Gasteiger partial charge in [-0.25, -0.2) is 10.4 Å². The van der Waals surface area contributed by atoms with Crippen molar-refractivity contribution in [2.45, 2.75) is 6.61 Å². The quantitative estimate of drug-likeness (QED) is 0.162. The van der Waals surface area contributed by atoms with Crippen LogP contribution in [0.4, 0.5) is 0 Å². The zero-order valence-corrected chi connectivity index (χ0v) is 22.5. The van der Waals surface area contributed by atoms with E-state index in [1.807, 2.05) is 91.0 Å². The van der Waals surface area contributed by atoms with Gasteiger partial charge in [0.1, 0.15) is 6.61 Å². The summed E-state index contributed by atoms with van der Waals surface area (Å²) in [6.45, 7) is 0.347. The molecule has 1 amide bonds. The van der Waals surface area contributed by atoms with E-state index >= 15 is 0 Å². The minimum Gasteiger partial charge on any atom is -0.493 e. The number of nitrogens with one attached hydrogen (secondary N) is 1. The molecular weight excluding hydrogens is 510 g/mol. The summed E-state index contributed by atoms with van der Waals surface area (Å²) >= 11 is 0. The molecule has 5 aromatic carbocycles. The Morgan fingerprint density at radius 2 is 1.56 bits per heavy atom. The highest BCUT2D eigenvalue weighted by Crippen LogP contribution is 2.32. The van der Waals surface area contributed by atoms with Gasteiger partial charge in [-0.05, 0) is 40.6 Å². The Morgan fingerprint density at radius 1 is 0.829 bits per heavy atom. The van der Waals surface area contributed by atoms with Crippen LogP contribution in [0.25, 0.3) is 32.9 Å². The third-order valence-electron chi connectivity index (χ3n) is 6.88. The van der Waals surface area contributed by atoms with Gasteiger partial charge < -0.3 is 9.47 Å². The summed E-state index contributed by atoms with van der Waals surface area (Å²) in [6.07, 6.45) is 1.57. The minimum absolute atomic E-state index is 0.335. The third kappa shape index (κ3) is 5.49.